The van der Waals surface area contributed by atoms with Gasteiger partial charge in [0.05, 0.1) is 4.90 Å². The minimum atomic E-state index is -3.46. The normalized spacial score (nSPS) is 17.1. The van der Waals surface area contributed by atoms with Crippen LogP contribution >= 0.6 is 15.9 Å². The molecule has 0 radical (unpaired) electrons. The lowest BCUT2D eigenvalue weighted by molar-refractivity contribution is 0.181. The topological polar surface area (TPSA) is 40.6 Å². The van der Waals surface area contributed by atoms with E-state index in [1.165, 1.54) is 16.4 Å². The van der Waals surface area contributed by atoms with E-state index in [9.17, 15) is 12.8 Å². The number of sulfonamides is 1. The highest BCUT2D eigenvalue weighted by Crippen LogP contribution is 2.20. The highest BCUT2D eigenvalue weighted by atomic mass is 79.9. The standard InChI is InChI=1S/C17H18BrFN2O2S/c18-15-4-6-17(7-5-15)24(22,23)21-10-8-20(9-11-21)13-14-2-1-3-16(19)12-14/h1-7,12H,8-11,13H2. The molecule has 0 amide bonds. The molecule has 2 aromatic rings. The van der Waals surface area contributed by atoms with Gasteiger partial charge in [-0.05, 0) is 42.0 Å². The summed E-state index contributed by atoms with van der Waals surface area (Å²) in [5.74, 6) is -0.246. The van der Waals surface area contributed by atoms with Crippen molar-refractivity contribution in [3.8, 4) is 0 Å². The van der Waals surface area contributed by atoms with E-state index in [1.807, 2.05) is 6.07 Å². The second kappa shape index (κ2) is 7.31. The fourth-order valence-electron chi connectivity index (χ4n) is 2.78. The van der Waals surface area contributed by atoms with Crippen LogP contribution in [0.1, 0.15) is 5.56 Å². The zero-order valence-corrected chi connectivity index (χ0v) is 15.4. The second-order valence-electron chi connectivity index (χ2n) is 5.76. The van der Waals surface area contributed by atoms with Crippen LogP contribution in [0.4, 0.5) is 4.39 Å². The minimum Gasteiger partial charge on any atom is -0.296 e. The minimum absolute atomic E-state index is 0.246. The maximum Gasteiger partial charge on any atom is 0.243 e. The van der Waals surface area contributed by atoms with Gasteiger partial charge in [-0.1, -0.05) is 28.1 Å². The van der Waals surface area contributed by atoms with Crippen molar-refractivity contribution in [2.24, 2.45) is 0 Å². The van der Waals surface area contributed by atoms with Crippen molar-refractivity contribution in [3.63, 3.8) is 0 Å². The molecule has 24 heavy (non-hydrogen) atoms. The lowest BCUT2D eigenvalue weighted by Crippen LogP contribution is -2.48. The van der Waals surface area contributed by atoms with E-state index in [2.05, 4.69) is 20.8 Å². The fraction of sp³-hybridized carbons (Fsp3) is 0.294. The molecule has 7 heteroatoms. The van der Waals surface area contributed by atoms with Crippen LogP contribution in [0.3, 0.4) is 0 Å². The molecule has 128 valence electrons. The van der Waals surface area contributed by atoms with Gasteiger partial charge in [-0.25, -0.2) is 12.8 Å². The molecule has 1 heterocycles. The molecule has 0 atom stereocenters. The van der Waals surface area contributed by atoms with E-state index in [-0.39, 0.29) is 5.82 Å². The molecule has 0 N–H and O–H groups in total. The van der Waals surface area contributed by atoms with Crippen LogP contribution in [0.2, 0.25) is 0 Å². The summed E-state index contributed by atoms with van der Waals surface area (Å²) in [6, 6.07) is 13.2. The Morgan fingerprint density at radius 3 is 2.29 bits per heavy atom. The van der Waals surface area contributed by atoms with Gasteiger partial charge < -0.3 is 0 Å². The highest BCUT2D eigenvalue weighted by molar-refractivity contribution is 9.10. The van der Waals surface area contributed by atoms with Crippen molar-refractivity contribution < 1.29 is 12.8 Å². The first kappa shape index (κ1) is 17.5. The summed E-state index contributed by atoms with van der Waals surface area (Å²) in [4.78, 5) is 2.45. The zero-order valence-electron chi connectivity index (χ0n) is 13.0. The third-order valence-electron chi connectivity index (χ3n) is 4.08. The number of benzene rings is 2. The van der Waals surface area contributed by atoms with E-state index in [0.29, 0.717) is 37.6 Å². The molecule has 0 aromatic heterocycles. The number of rotatable bonds is 4. The van der Waals surface area contributed by atoms with Gasteiger partial charge in [-0.15, -0.1) is 0 Å². The molecule has 1 saturated heterocycles. The molecule has 0 spiro atoms. The van der Waals surface area contributed by atoms with Gasteiger partial charge >= 0.3 is 0 Å². The summed E-state index contributed by atoms with van der Waals surface area (Å²) < 4.78 is 40.9. The van der Waals surface area contributed by atoms with Crippen LogP contribution in [-0.2, 0) is 16.6 Å². The van der Waals surface area contributed by atoms with E-state index in [0.717, 1.165) is 10.0 Å². The fourth-order valence-corrected chi connectivity index (χ4v) is 4.46. The Kier molecular flexibility index (Phi) is 5.34. The Bertz CT molecular complexity index is 804. The molecule has 1 aliphatic heterocycles. The van der Waals surface area contributed by atoms with Gasteiger partial charge in [0.15, 0.2) is 0 Å². The SMILES string of the molecule is O=S(=O)(c1ccc(Br)cc1)N1CCN(Cc2cccc(F)c2)CC1. The van der Waals surface area contributed by atoms with Gasteiger partial charge in [-0.3, -0.25) is 4.90 Å². The molecule has 3 rings (SSSR count). The number of hydrogen-bond donors (Lipinski definition) is 0. The lowest BCUT2D eigenvalue weighted by atomic mass is 10.2. The zero-order chi connectivity index (χ0) is 17.2. The molecule has 1 fully saturated rings. The molecular weight excluding hydrogens is 395 g/mol. The number of nitrogens with zero attached hydrogens (tertiary/aromatic N) is 2. The first-order valence-corrected chi connectivity index (χ1v) is 9.91. The predicted octanol–water partition coefficient (Wildman–Crippen LogP) is 3.09. The molecule has 0 aliphatic carbocycles. The molecule has 0 unspecified atom stereocenters. The average Bonchev–Trinajstić information content (AvgIpc) is 2.56. The Morgan fingerprint density at radius 2 is 1.67 bits per heavy atom. The van der Waals surface area contributed by atoms with Gasteiger partial charge in [-0.2, -0.15) is 4.31 Å². The molecule has 0 saturated carbocycles. The lowest BCUT2D eigenvalue weighted by Gasteiger charge is -2.34. The van der Waals surface area contributed by atoms with Crippen molar-refractivity contribution >= 4 is 26.0 Å². The van der Waals surface area contributed by atoms with Crippen LogP contribution < -0.4 is 0 Å². The number of hydrogen-bond acceptors (Lipinski definition) is 3. The summed E-state index contributed by atoms with van der Waals surface area (Å²) in [5.41, 5.74) is 0.902. The first-order valence-electron chi connectivity index (χ1n) is 7.68. The molecule has 2 aromatic carbocycles. The quantitative estimate of drug-likeness (QED) is 0.774. The average molecular weight is 413 g/mol. The molecule has 4 nitrogen and oxygen atoms in total. The summed E-state index contributed by atoms with van der Waals surface area (Å²) in [6.07, 6.45) is 0. The highest BCUT2D eigenvalue weighted by Gasteiger charge is 2.28. The predicted molar refractivity (Wildman–Crippen MR) is 94.6 cm³/mol. The number of piperazine rings is 1. The van der Waals surface area contributed by atoms with Crippen LogP contribution in [0.25, 0.3) is 0 Å². The summed E-state index contributed by atoms with van der Waals surface area (Å²) in [7, 11) is -3.46. The van der Waals surface area contributed by atoms with E-state index in [4.69, 9.17) is 0 Å². The van der Waals surface area contributed by atoms with Crippen LogP contribution in [0.5, 0.6) is 0 Å². The van der Waals surface area contributed by atoms with Crippen molar-refractivity contribution in [1.29, 1.82) is 0 Å². The van der Waals surface area contributed by atoms with Crippen molar-refractivity contribution in [1.82, 2.24) is 9.21 Å². The molecule has 1 aliphatic rings. The Morgan fingerprint density at radius 1 is 1.00 bits per heavy atom. The van der Waals surface area contributed by atoms with Crippen molar-refractivity contribution in [3.05, 3.63) is 64.4 Å². The Balaban J connectivity index is 1.63. The van der Waals surface area contributed by atoms with E-state index in [1.54, 1.807) is 30.3 Å². The van der Waals surface area contributed by atoms with Gasteiger partial charge in [0.1, 0.15) is 5.82 Å². The van der Waals surface area contributed by atoms with E-state index >= 15 is 0 Å². The van der Waals surface area contributed by atoms with Gasteiger partial charge in [0.25, 0.3) is 0 Å². The van der Waals surface area contributed by atoms with Crippen molar-refractivity contribution in [2.75, 3.05) is 26.2 Å². The Hall–Kier alpha value is -1.28. The smallest absolute Gasteiger partial charge is 0.243 e. The van der Waals surface area contributed by atoms with Crippen LogP contribution in [-0.4, -0.2) is 43.8 Å². The van der Waals surface area contributed by atoms with Crippen LogP contribution in [0, 0.1) is 5.82 Å². The summed E-state index contributed by atoms with van der Waals surface area (Å²) in [6.45, 7) is 2.77. The summed E-state index contributed by atoms with van der Waals surface area (Å²) in [5, 5.41) is 0. The monoisotopic (exact) mass is 412 g/mol. The van der Waals surface area contributed by atoms with Gasteiger partial charge in [0, 0.05) is 37.2 Å². The van der Waals surface area contributed by atoms with Crippen LogP contribution in [0.15, 0.2) is 57.9 Å². The largest absolute Gasteiger partial charge is 0.296 e. The first-order chi connectivity index (χ1) is 11.4. The molecular formula is C17H18BrFN2O2S. The van der Waals surface area contributed by atoms with Gasteiger partial charge in [0.2, 0.25) is 10.0 Å². The third-order valence-corrected chi connectivity index (χ3v) is 6.52. The maximum atomic E-state index is 13.2. The van der Waals surface area contributed by atoms with E-state index < -0.39 is 10.0 Å². The third kappa shape index (κ3) is 4.03. The second-order valence-corrected chi connectivity index (χ2v) is 8.62. The van der Waals surface area contributed by atoms with Crippen molar-refractivity contribution in [2.45, 2.75) is 11.4 Å². The maximum absolute atomic E-state index is 13.2. The number of halogens is 2. The molecule has 0 bridgehead atoms. The summed E-state index contributed by atoms with van der Waals surface area (Å²) >= 11 is 3.31. The Labute approximate surface area is 150 Å².